The van der Waals surface area contributed by atoms with Crippen molar-refractivity contribution in [2.24, 2.45) is 5.92 Å². The molecule has 0 saturated heterocycles. The molecule has 0 heterocycles. The molecule has 132 valence electrons. The minimum atomic E-state index is -3.70. The van der Waals surface area contributed by atoms with Crippen molar-refractivity contribution >= 4 is 33.4 Å². The number of carbonyl (C=O) groups excluding carboxylic acids is 2. The van der Waals surface area contributed by atoms with E-state index in [2.05, 4.69) is 15.6 Å². The van der Waals surface area contributed by atoms with Crippen molar-refractivity contribution < 1.29 is 18.0 Å². The second-order valence-electron chi connectivity index (χ2n) is 5.63. The normalized spacial score (nSPS) is 15.8. The molecule has 0 aliphatic heterocycles. The third-order valence-electron chi connectivity index (χ3n) is 4.04. The van der Waals surface area contributed by atoms with E-state index in [0.29, 0.717) is 0 Å². The van der Waals surface area contributed by atoms with Gasteiger partial charge in [0.2, 0.25) is 15.9 Å². The molecule has 3 N–H and O–H groups in total. The topological polar surface area (TPSA) is 104 Å². The first kappa shape index (κ1) is 18.7. The summed E-state index contributed by atoms with van der Waals surface area (Å²) in [7, 11) is -2.42. The van der Waals surface area contributed by atoms with Gasteiger partial charge in [-0.05, 0) is 38.1 Å². The Bertz CT molecular complexity index is 730. The maximum atomic E-state index is 12.2. The zero-order chi connectivity index (χ0) is 17.7. The Morgan fingerprint density at radius 1 is 1.12 bits per heavy atom. The molecule has 1 aliphatic rings. The standard InChI is InChI=1S/C15H20ClN3O4S/c1-17-24(22,23)11-7-8-13(16)12(9-11)15(21)19-18-14(20)10-5-3-2-4-6-10/h7-10,17H,2-6H2,1H3,(H,18,20)(H,19,21). The number of rotatable bonds is 4. The first-order valence-electron chi connectivity index (χ1n) is 7.68. The van der Waals surface area contributed by atoms with Crippen LogP contribution in [0.5, 0.6) is 0 Å². The molecule has 2 amide bonds. The Morgan fingerprint density at radius 2 is 1.79 bits per heavy atom. The number of hydrogen-bond acceptors (Lipinski definition) is 4. The van der Waals surface area contributed by atoms with Crippen LogP contribution in [-0.4, -0.2) is 27.3 Å². The number of carbonyl (C=O) groups is 2. The van der Waals surface area contributed by atoms with Gasteiger partial charge in [-0.25, -0.2) is 13.1 Å². The lowest BCUT2D eigenvalue weighted by Crippen LogP contribution is -2.45. The third-order valence-corrected chi connectivity index (χ3v) is 5.78. The molecule has 24 heavy (non-hydrogen) atoms. The number of amides is 2. The summed E-state index contributed by atoms with van der Waals surface area (Å²) in [5, 5.41) is 0.0921. The van der Waals surface area contributed by atoms with Crippen molar-refractivity contribution in [2.75, 3.05) is 7.05 Å². The number of hydrogen-bond donors (Lipinski definition) is 3. The lowest BCUT2D eigenvalue weighted by molar-refractivity contribution is -0.126. The highest BCUT2D eigenvalue weighted by molar-refractivity contribution is 7.89. The van der Waals surface area contributed by atoms with Crippen molar-refractivity contribution in [2.45, 2.75) is 37.0 Å². The van der Waals surface area contributed by atoms with Crippen LogP contribution in [0.1, 0.15) is 42.5 Å². The number of benzene rings is 1. The van der Waals surface area contributed by atoms with Gasteiger partial charge in [-0.15, -0.1) is 0 Å². The van der Waals surface area contributed by atoms with E-state index >= 15 is 0 Å². The second-order valence-corrected chi connectivity index (χ2v) is 7.92. The molecule has 1 fully saturated rings. The molecule has 9 heteroatoms. The molecule has 1 aliphatic carbocycles. The summed E-state index contributed by atoms with van der Waals surface area (Å²) in [5.41, 5.74) is 4.65. The molecule has 0 bridgehead atoms. The molecule has 2 rings (SSSR count). The highest BCUT2D eigenvalue weighted by Crippen LogP contribution is 2.23. The largest absolute Gasteiger partial charge is 0.273 e. The van der Waals surface area contributed by atoms with E-state index in [1.807, 2.05) is 0 Å². The summed E-state index contributed by atoms with van der Waals surface area (Å²) in [6.45, 7) is 0. The highest BCUT2D eigenvalue weighted by Gasteiger charge is 2.22. The summed E-state index contributed by atoms with van der Waals surface area (Å²) in [5.74, 6) is -1.01. The van der Waals surface area contributed by atoms with Gasteiger partial charge in [0, 0.05) is 5.92 Å². The van der Waals surface area contributed by atoms with Crippen LogP contribution in [0.15, 0.2) is 23.1 Å². The minimum absolute atomic E-state index is 0.0306. The quantitative estimate of drug-likeness (QED) is 0.697. The van der Waals surface area contributed by atoms with Crippen molar-refractivity contribution in [1.82, 2.24) is 15.6 Å². The van der Waals surface area contributed by atoms with E-state index < -0.39 is 15.9 Å². The Balaban J connectivity index is 2.06. The molecular formula is C15H20ClN3O4S. The van der Waals surface area contributed by atoms with Crippen molar-refractivity contribution in [3.05, 3.63) is 28.8 Å². The molecule has 1 saturated carbocycles. The van der Waals surface area contributed by atoms with Crippen LogP contribution in [0, 0.1) is 5.92 Å². The van der Waals surface area contributed by atoms with E-state index in [1.54, 1.807) is 0 Å². The lowest BCUT2D eigenvalue weighted by Gasteiger charge is -2.20. The molecular weight excluding hydrogens is 354 g/mol. The Hall–Kier alpha value is -1.64. The fourth-order valence-corrected chi connectivity index (χ4v) is 3.58. The molecule has 1 aromatic rings. The fourth-order valence-electron chi connectivity index (χ4n) is 2.62. The molecule has 1 aromatic carbocycles. The van der Waals surface area contributed by atoms with E-state index in [9.17, 15) is 18.0 Å². The molecule has 0 unspecified atom stereocenters. The maximum absolute atomic E-state index is 12.2. The van der Waals surface area contributed by atoms with Crippen molar-refractivity contribution in [3.8, 4) is 0 Å². The average Bonchev–Trinajstić information content (AvgIpc) is 2.60. The highest BCUT2D eigenvalue weighted by atomic mass is 35.5. The smallest absolute Gasteiger partial charge is 0.271 e. The predicted molar refractivity (Wildman–Crippen MR) is 89.9 cm³/mol. The summed E-state index contributed by atoms with van der Waals surface area (Å²) >= 11 is 5.96. The van der Waals surface area contributed by atoms with Gasteiger partial charge in [-0.2, -0.15) is 0 Å². The van der Waals surface area contributed by atoms with Crippen LogP contribution in [0.4, 0.5) is 0 Å². The Labute approximate surface area is 146 Å². The maximum Gasteiger partial charge on any atom is 0.271 e. The Morgan fingerprint density at radius 3 is 2.42 bits per heavy atom. The minimum Gasteiger partial charge on any atom is -0.273 e. The molecule has 0 atom stereocenters. The summed E-state index contributed by atoms with van der Waals surface area (Å²) in [6.07, 6.45) is 4.73. The van der Waals surface area contributed by atoms with Gasteiger partial charge in [-0.1, -0.05) is 30.9 Å². The van der Waals surface area contributed by atoms with Crippen LogP contribution in [-0.2, 0) is 14.8 Å². The van der Waals surface area contributed by atoms with Gasteiger partial charge in [0.05, 0.1) is 15.5 Å². The zero-order valence-corrected chi connectivity index (χ0v) is 14.8. The van der Waals surface area contributed by atoms with Gasteiger partial charge in [0.1, 0.15) is 0 Å². The van der Waals surface area contributed by atoms with Gasteiger partial charge >= 0.3 is 0 Å². The summed E-state index contributed by atoms with van der Waals surface area (Å²) in [6, 6.07) is 3.78. The van der Waals surface area contributed by atoms with Crippen LogP contribution in [0.2, 0.25) is 5.02 Å². The van der Waals surface area contributed by atoms with E-state index in [1.165, 1.54) is 19.2 Å². The fraction of sp³-hybridized carbons (Fsp3) is 0.467. The third kappa shape index (κ3) is 4.46. The molecule has 0 radical (unpaired) electrons. The second kappa shape index (κ2) is 7.96. The van der Waals surface area contributed by atoms with Crippen LogP contribution >= 0.6 is 11.6 Å². The van der Waals surface area contributed by atoms with E-state index in [0.717, 1.165) is 38.2 Å². The van der Waals surface area contributed by atoms with Crippen LogP contribution in [0.25, 0.3) is 0 Å². The number of hydrazine groups is 1. The average molecular weight is 374 g/mol. The van der Waals surface area contributed by atoms with E-state index in [-0.39, 0.29) is 27.3 Å². The predicted octanol–water partition coefficient (Wildman–Crippen LogP) is 1.59. The monoisotopic (exact) mass is 373 g/mol. The zero-order valence-electron chi connectivity index (χ0n) is 13.3. The van der Waals surface area contributed by atoms with Crippen LogP contribution in [0.3, 0.4) is 0 Å². The number of sulfonamides is 1. The van der Waals surface area contributed by atoms with E-state index in [4.69, 9.17) is 11.6 Å². The molecule has 7 nitrogen and oxygen atoms in total. The summed E-state index contributed by atoms with van der Waals surface area (Å²) < 4.78 is 25.8. The van der Waals surface area contributed by atoms with Crippen molar-refractivity contribution in [3.63, 3.8) is 0 Å². The molecule has 0 spiro atoms. The van der Waals surface area contributed by atoms with Gasteiger partial charge in [0.25, 0.3) is 5.91 Å². The van der Waals surface area contributed by atoms with Gasteiger partial charge in [-0.3, -0.25) is 20.4 Å². The molecule has 0 aromatic heterocycles. The lowest BCUT2D eigenvalue weighted by atomic mass is 9.89. The number of halogens is 1. The summed E-state index contributed by atoms with van der Waals surface area (Å²) in [4.78, 5) is 24.1. The van der Waals surface area contributed by atoms with Crippen molar-refractivity contribution in [1.29, 1.82) is 0 Å². The Kier molecular flexibility index (Phi) is 6.20. The van der Waals surface area contributed by atoms with Gasteiger partial charge in [0.15, 0.2) is 0 Å². The first-order valence-corrected chi connectivity index (χ1v) is 9.54. The first-order chi connectivity index (χ1) is 11.3. The van der Waals surface area contributed by atoms with Crippen LogP contribution < -0.4 is 15.6 Å². The number of nitrogens with one attached hydrogen (secondary N) is 3. The SMILES string of the molecule is CNS(=O)(=O)c1ccc(Cl)c(C(=O)NNC(=O)C2CCCCC2)c1. The van der Waals surface area contributed by atoms with Gasteiger partial charge < -0.3 is 0 Å².